The van der Waals surface area contributed by atoms with Crippen LogP contribution in [0.1, 0.15) is 42.8 Å². The summed E-state index contributed by atoms with van der Waals surface area (Å²) in [5.41, 5.74) is 1.21. The summed E-state index contributed by atoms with van der Waals surface area (Å²) in [6.07, 6.45) is 5.00. The Hall–Kier alpha value is -0.840. The van der Waals surface area contributed by atoms with Crippen molar-refractivity contribution in [2.45, 2.75) is 32.4 Å². The molecule has 5 heteroatoms. The van der Waals surface area contributed by atoms with Gasteiger partial charge >= 0.3 is 0 Å². The van der Waals surface area contributed by atoms with E-state index in [1.807, 2.05) is 30.2 Å². The molecule has 0 saturated carbocycles. The number of thiophene rings is 1. The van der Waals surface area contributed by atoms with E-state index in [2.05, 4.69) is 30.3 Å². The molecule has 0 fully saturated rings. The molecule has 0 aliphatic heterocycles. The van der Waals surface area contributed by atoms with Crippen molar-refractivity contribution in [3.05, 3.63) is 39.3 Å². The van der Waals surface area contributed by atoms with Crippen molar-refractivity contribution in [2.75, 3.05) is 0 Å². The number of nitrogens with zero attached hydrogens (tertiary/aromatic N) is 2. The second-order valence-corrected chi connectivity index (χ2v) is 6.19. The highest BCUT2D eigenvalue weighted by molar-refractivity contribution is 7.16. The molecule has 0 bridgehead atoms. The minimum atomic E-state index is 0.282. The van der Waals surface area contributed by atoms with Gasteiger partial charge in [-0.3, -0.25) is 4.68 Å². The molecule has 0 aromatic carbocycles. The fourth-order valence-corrected chi connectivity index (χ4v) is 3.18. The number of rotatable bonds is 5. The van der Waals surface area contributed by atoms with E-state index in [-0.39, 0.29) is 6.04 Å². The minimum absolute atomic E-state index is 0.282. The molecule has 18 heavy (non-hydrogen) atoms. The van der Waals surface area contributed by atoms with Gasteiger partial charge < -0.3 is 5.32 Å². The van der Waals surface area contributed by atoms with Crippen molar-refractivity contribution in [3.8, 4) is 0 Å². The highest BCUT2D eigenvalue weighted by atomic mass is 35.5. The molecular weight excluding hydrogens is 266 g/mol. The highest BCUT2D eigenvalue weighted by Crippen LogP contribution is 2.30. The van der Waals surface area contributed by atoms with Crippen LogP contribution in [0, 0.1) is 0 Å². The Kier molecular flexibility index (Phi) is 4.43. The molecule has 0 saturated heterocycles. The van der Waals surface area contributed by atoms with Crippen LogP contribution in [0.2, 0.25) is 4.34 Å². The van der Waals surface area contributed by atoms with Crippen LogP contribution in [0.5, 0.6) is 0 Å². The Morgan fingerprint density at radius 3 is 2.78 bits per heavy atom. The number of nitrogens with one attached hydrogen (secondary N) is 1. The van der Waals surface area contributed by atoms with Gasteiger partial charge in [-0.2, -0.15) is 5.10 Å². The molecule has 2 heterocycles. The second kappa shape index (κ2) is 5.87. The number of aromatic nitrogens is 2. The van der Waals surface area contributed by atoms with Crippen LogP contribution in [-0.2, 0) is 7.05 Å². The van der Waals surface area contributed by atoms with E-state index >= 15 is 0 Å². The van der Waals surface area contributed by atoms with Crippen LogP contribution in [0.4, 0.5) is 0 Å². The van der Waals surface area contributed by atoms with Crippen molar-refractivity contribution in [2.24, 2.45) is 7.05 Å². The van der Waals surface area contributed by atoms with E-state index in [1.54, 1.807) is 11.3 Å². The SMILES string of the molecule is CC[C@@H](N[C@H](C)c1cnn(C)c1)c1ccc(Cl)s1. The predicted octanol–water partition coefficient (Wildman–Crippen LogP) is 3.94. The van der Waals surface area contributed by atoms with Crippen LogP contribution in [0.15, 0.2) is 24.5 Å². The monoisotopic (exact) mass is 283 g/mol. The highest BCUT2D eigenvalue weighted by Gasteiger charge is 2.16. The molecule has 0 unspecified atom stereocenters. The third-order valence-corrected chi connectivity index (χ3v) is 4.37. The standard InChI is InChI=1S/C13H18ClN3S/c1-4-11(12-5-6-13(14)18-12)16-9(2)10-7-15-17(3)8-10/h5-9,11,16H,4H2,1-3H3/t9-,11-/m1/s1. The molecule has 2 rings (SSSR count). The van der Waals surface area contributed by atoms with Crippen LogP contribution in [0.3, 0.4) is 0 Å². The molecule has 2 aromatic rings. The van der Waals surface area contributed by atoms with Gasteiger partial charge in [0.05, 0.1) is 10.5 Å². The minimum Gasteiger partial charge on any atom is -0.303 e. The Bertz CT molecular complexity index is 506. The van der Waals surface area contributed by atoms with Crippen LogP contribution < -0.4 is 5.32 Å². The molecule has 2 aromatic heterocycles. The van der Waals surface area contributed by atoms with E-state index in [1.165, 1.54) is 10.4 Å². The molecule has 0 radical (unpaired) electrons. The summed E-state index contributed by atoms with van der Waals surface area (Å²) in [6.45, 7) is 4.34. The van der Waals surface area contributed by atoms with Crippen molar-refractivity contribution >= 4 is 22.9 Å². The lowest BCUT2D eigenvalue weighted by molar-refractivity contribution is 0.462. The van der Waals surface area contributed by atoms with E-state index in [4.69, 9.17) is 11.6 Å². The topological polar surface area (TPSA) is 29.9 Å². The first-order valence-electron chi connectivity index (χ1n) is 6.10. The van der Waals surface area contributed by atoms with Gasteiger partial charge in [-0.1, -0.05) is 18.5 Å². The number of hydrogen-bond acceptors (Lipinski definition) is 3. The van der Waals surface area contributed by atoms with Gasteiger partial charge in [-0.25, -0.2) is 0 Å². The smallest absolute Gasteiger partial charge is 0.0931 e. The van der Waals surface area contributed by atoms with E-state index < -0.39 is 0 Å². The lowest BCUT2D eigenvalue weighted by Crippen LogP contribution is -2.23. The predicted molar refractivity (Wildman–Crippen MR) is 77.1 cm³/mol. The fourth-order valence-electron chi connectivity index (χ4n) is 1.98. The van der Waals surface area contributed by atoms with Crippen LogP contribution in [0.25, 0.3) is 0 Å². The van der Waals surface area contributed by atoms with Gasteiger partial charge in [-0.15, -0.1) is 11.3 Å². The maximum atomic E-state index is 6.00. The van der Waals surface area contributed by atoms with Gasteiger partial charge in [0.25, 0.3) is 0 Å². The zero-order valence-corrected chi connectivity index (χ0v) is 12.4. The number of hydrogen-bond donors (Lipinski definition) is 1. The van der Waals surface area contributed by atoms with Gasteiger partial charge in [0.15, 0.2) is 0 Å². The van der Waals surface area contributed by atoms with Crippen LogP contribution in [-0.4, -0.2) is 9.78 Å². The van der Waals surface area contributed by atoms with Crippen molar-refractivity contribution in [1.29, 1.82) is 0 Å². The first kappa shape index (κ1) is 13.6. The number of halogens is 1. The summed E-state index contributed by atoms with van der Waals surface area (Å²) in [6, 6.07) is 4.69. The van der Waals surface area contributed by atoms with Gasteiger partial charge in [0, 0.05) is 35.8 Å². The normalized spacial score (nSPS) is 14.7. The summed E-state index contributed by atoms with van der Waals surface area (Å²) in [4.78, 5) is 1.29. The Morgan fingerprint density at radius 1 is 1.50 bits per heavy atom. The Balaban J connectivity index is 2.06. The molecule has 2 atom stereocenters. The van der Waals surface area contributed by atoms with Gasteiger partial charge in [0.1, 0.15) is 0 Å². The zero-order valence-electron chi connectivity index (χ0n) is 10.9. The molecule has 98 valence electrons. The first-order chi connectivity index (χ1) is 8.60. The fraction of sp³-hybridized carbons (Fsp3) is 0.462. The summed E-state index contributed by atoms with van der Waals surface area (Å²) in [5.74, 6) is 0. The largest absolute Gasteiger partial charge is 0.303 e. The summed E-state index contributed by atoms with van der Waals surface area (Å²) in [5, 5.41) is 7.83. The quantitative estimate of drug-likeness (QED) is 0.901. The van der Waals surface area contributed by atoms with E-state index in [0.29, 0.717) is 6.04 Å². The zero-order chi connectivity index (χ0) is 13.1. The average Bonchev–Trinajstić information content (AvgIpc) is 2.94. The third kappa shape index (κ3) is 3.13. The van der Waals surface area contributed by atoms with Crippen molar-refractivity contribution in [3.63, 3.8) is 0 Å². The average molecular weight is 284 g/mol. The molecule has 0 aliphatic carbocycles. The summed E-state index contributed by atoms with van der Waals surface area (Å²) >= 11 is 7.64. The lowest BCUT2D eigenvalue weighted by atomic mass is 10.1. The lowest BCUT2D eigenvalue weighted by Gasteiger charge is -2.20. The molecule has 1 N–H and O–H groups in total. The number of aryl methyl sites for hydroxylation is 1. The maximum Gasteiger partial charge on any atom is 0.0931 e. The Labute approximate surface area is 117 Å². The maximum absolute atomic E-state index is 6.00. The first-order valence-corrected chi connectivity index (χ1v) is 7.29. The molecular formula is C13H18ClN3S. The summed E-state index contributed by atoms with van der Waals surface area (Å²) in [7, 11) is 1.94. The molecule has 0 aliphatic rings. The van der Waals surface area contributed by atoms with E-state index in [0.717, 1.165) is 10.8 Å². The molecule has 3 nitrogen and oxygen atoms in total. The molecule has 0 spiro atoms. The van der Waals surface area contributed by atoms with Gasteiger partial charge in [-0.05, 0) is 25.5 Å². The third-order valence-electron chi connectivity index (χ3n) is 3.02. The summed E-state index contributed by atoms with van der Waals surface area (Å²) < 4.78 is 2.68. The van der Waals surface area contributed by atoms with Gasteiger partial charge in [0.2, 0.25) is 0 Å². The second-order valence-electron chi connectivity index (χ2n) is 4.44. The van der Waals surface area contributed by atoms with Crippen molar-refractivity contribution in [1.82, 2.24) is 15.1 Å². The Morgan fingerprint density at radius 2 is 2.28 bits per heavy atom. The van der Waals surface area contributed by atoms with Crippen LogP contribution >= 0.6 is 22.9 Å². The van der Waals surface area contributed by atoms with Crippen molar-refractivity contribution < 1.29 is 0 Å². The molecule has 0 amide bonds. The van der Waals surface area contributed by atoms with E-state index in [9.17, 15) is 0 Å².